The first kappa shape index (κ1) is 11.0. The Morgan fingerprint density at radius 2 is 1.82 bits per heavy atom. The van der Waals surface area contributed by atoms with E-state index in [1.54, 1.807) is 7.92 Å². The fourth-order valence-corrected chi connectivity index (χ4v) is 5.12. The van der Waals surface area contributed by atoms with Crippen molar-refractivity contribution in [3.63, 3.8) is 0 Å². The van der Waals surface area contributed by atoms with Crippen molar-refractivity contribution in [1.82, 2.24) is 0 Å². The molecule has 0 unspecified atom stereocenters. The second kappa shape index (κ2) is 4.62. The van der Waals surface area contributed by atoms with Gasteiger partial charge in [0.25, 0.3) is 0 Å². The predicted octanol–water partition coefficient (Wildman–Crippen LogP) is 3.78. The molecule has 0 spiro atoms. The molecule has 0 saturated heterocycles. The Balaban J connectivity index is 2.04. The average Bonchev–Trinajstić information content (AvgIpc) is 2.76. The minimum absolute atomic E-state index is 0.0130. The van der Waals surface area contributed by atoms with Gasteiger partial charge in [0.1, 0.15) is 0 Å². The van der Waals surface area contributed by atoms with Gasteiger partial charge in [-0.3, -0.25) is 0 Å². The topological polar surface area (TPSA) is 0 Å². The first-order valence-corrected chi connectivity index (χ1v) is 8.04. The molecule has 0 N–H and O–H groups in total. The van der Waals surface area contributed by atoms with E-state index in [-0.39, 0.29) is 18.6 Å². The first-order valence-electron chi connectivity index (χ1n) is 5.77. The van der Waals surface area contributed by atoms with E-state index in [1.807, 2.05) is 0 Å². The zero-order valence-corrected chi connectivity index (χ0v) is 12.0. The normalized spacial score (nSPS) is 15.1. The standard InChI is InChI=1S/C10H7.C6H7.Pt/c1-2-6-10-8-4-3-7-9(10)5-1;1-6-4-2-3-5-6;/h1-7H;2,4H,3H2,1H3;. The van der Waals surface area contributed by atoms with Crippen molar-refractivity contribution in [1.29, 1.82) is 0 Å². The van der Waals surface area contributed by atoms with Gasteiger partial charge in [-0.05, 0) is 0 Å². The summed E-state index contributed by atoms with van der Waals surface area (Å²) in [4.78, 5) is 0. The van der Waals surface area contributed by atoms with Crippen molar-refractivity contribution in [2.75, 3.05) is 0 Å². The molecule has 0 bridgehead atoms. The van der Waals surface area contributed by atoms with Crippen LogP contribution in [-0.4, -0.2) is 0 Å². The fourth-order valence-electron chi connectivity index (χ4n) is 2.01. The van der Waals surface area contributed by atoms with Gasteiger partial charge in [0.15, 0.2) is 0 Å². The van der Waals surface area contributed by atoms with Crippen LogP contribution in [0, 0.1) is 0 Å². The summed E-state index contributed by atoms with van der Waals surface area (Å²) >= 11 is -0.0130. The third kappa shape index (κ3) is 2.15. The Kier molecular flexibility index (Phi) is 2.99. The van der Waals surface area contributed by atoms with E-state index in [2.05, 4.69) is 61.5 Å². The van der Waals surface area contributed by atoms with E-state index < -0.39 is 0 Å². The van der Waals surface area contributed by atoms with Gasteiger partial charge in [0.2, 0.25) is 0 Å². The average molecular weight is 401 g/mol. The molecule has 1 aliphatic rings. The van der Waals surface area contributed by atoms with E-state index in [1.165, 1.54) is 22.8 Å². The molecule has 3 rings (SSSR count). The van der Waals surface area contributed by atoms with E-state index >= 15 is 0 Å². The van der Waals surface area contributed by atoms with Crippen molar-refractivity contribution in [2.24, 2.45) is 0 Å². The molecule has 2 aromatic carbocycles. The van der Waals surface area contributed by atoms with Gasteiger partial charge >= 0.3 is 111 Å². The molecular formula is C16H14Pt. The Morgan fingerprint density at radius 3 is 2.65 bits per heavy atom. The van der Waals surface area contributed by atoms with Gasteiger partial charge < -0.3 is 0 Å². The predicted molar refractivity (Wildman–Crippen MR) is 70.0 cm³/mol. The molecule has 17 heavy (non-hydrogen) atoms. The Bertz CT molecular complexity index is 615. The maximum atomic E-state index is 2.30. The molecule has 1 aliphatic carbocycles. The summed E-state index contributed by atoms with van der Waals surface area (Å²) in [5.41, 5.74) is 1.49. The number of hydrogen-bond donors (Lipinski definition) is 0. The Labute approximate surface area is 111 Å². The van der Waals surface area contributed by atoms with Crippen LogP contribution < -0.4 is 3.95 Å². The van der Waals surface area contributed by atoms with Crippen LogP contribution in [0.4, 0.5) is 0 Å². The van der Waals surface area contributed by atoms with Gasteiger partial charge in [-0.25, -0.2) is 0 Å². The summed E-state index contributed by atoms with van der Waals surface area (Å²) in [7, 11) is 0. The summed E-state index contributed by atoms with van der Waals surface area (Å²) < 4.78 is 3.22. The van der Waals surface area contributed by atoms with Gasteiger partial charge in [-0.2, -0.15) is 0 Å². The van der Waals surface area contributed by atoms with Crippen LogP contribution in [0.5, 0.6) is 0 Å². The fraction of sp³-hybridized carbons (Fsp3) is 0.125. The second-order valence-corrected chi connectivity index (χ2v) is 7.33. The zero-order valence-electron chi connectivity index (χ0n) is 9.72. The van der Waals surface area contributed by atoms with Crippen LogP contribution in [0.25, 0.3) is 10.8 Å². The molecule has 0 nitrogen and oxygen atoms in total. The third-order valence-corrected chi connectivity index (χ3v) is 6.59. The number of benzene rings is 2. The number of allylic oxidation sites excluding steroid dienone is 4. The summed E-state index contributed by atoms with van der Waals surface area (Å²) in [5.74, 6) is 0. The molecule has 2 aromatic rings. The van der Waals surface area contributed by atoms with Crippen LogP contribution in [0.3, 0.4) is 0 Å². The monoisotopic (exact) mass is 401 g/mol. The summed E-state index contributed by atoms with van der Waals surface area (Å²) in [6.07, 6.45) is 5.72. The van der Waals surface area contributed by atoms with E-state index in [9.17, 15) is 0 Å². The van der Waals surface area contributed by atoms with Crippen molar-refractivity contribution >= 4 is 14.7 Å². The van der Waals surface area contributed by atoms with Crippen LogP contribution in [0.1, 0.15) is 13.3 Å². The van der Waals surface area contributed by atoms with E-state index in [0.717, 1.165) is 0 Å². The van der Waals surface area contributed by atoms with Crippen molar-refractivity contribution in [2.45, 2.75) is 13.3 Å². The van der Waals surface area contributed by atoms with Crippen LogP contribution >= 0.6 is 0 Å². The summed E-state index contributed by atoms with van der Waals surface area (Å²) in [6, 6.07) is 15.4. The summed E-state index contributed by atoms with van der Waals surface area (Å²) in [5, 5.41) is 2.81. The Morgan fingerprint density at radius 1 is 1.00 bits per heavy atom. The molecule has 0 atom stereocenters. The summed E-state index contributed by atoms with van der Waals surface area (Å²) in [6.45, 7) is 2.24. The Hall–Kier alpha value is -1.13. The quantitative estimate of drug-likeness (QED) is 0.719. The molecule has 0 radical (unpaired) electrons. The first-order chi connectivity index (χ1) is 8.34. The molecule has 0 fully saturated rings. The molecule has 0 aliphatic heterocycles. The van der Waals surface area contributed by atoms with Crippen molar-refractivity contribution < 1.29 is 18.6 Å². The van der Waals surface area contributed by atoms with Gasteiger partial charge in [0, 0.05) is 0 Å². The SMILES string of the molecule is CC1=[C]([Pt][c]2cccc3ccccc23)CC=C1. The second-order valence-electron chi connectivity index (χ2n) is 4.16. The molecule has 0 aromatic heterocycles. The van der Waals surface area contributed by atoms with Gasteiger partial charge in [-0.15, -0.1) is 0 Å². The third-order valence-electron chi connectivity index (χ3n) is 2.95. The zero-order chi connectivity index (χ0) is 11.7. The number of hydrogen-bond acceptors (Lipinski definition) is 0. The molecule has 0 amide bonds. The molecule has 1 heteroatoms. The van der Waals surface area contributed by atoms with Crippen molar-refractivity contribution in [3.05, 3.63) is 64.2 Å². The van der Waals surface area contributed by atoms with Crippen LogP contribution in [0.15, 0.2) is 64.2 Å². The minimum atomic E-state index is -0.0130. The van der Waals surface area contributed by atoms with Crippen LogP contribution in [0.2, 0.25) is 0 Å². The van der Waals surface area contributed by atoms with Crippen molar-refractivity contribution in [3.8, 4) is 0 Å². The van der Waals surface area contributed by atoms with E-state index in [4.69, 9.17) is 0 Å². The molecule has 0 heterocycles. The van der Waals surface area contributed by atoms with Gasteiger partial charge in [0.05, 0.1) is 0 Å². The number of fused-ring (bicyclic) bond motifs is 1. The number of rotatable bonds is 2. The maximum absolute atomic E-state index is 2.30. The van der Waals surface area contributed by atoms with E-state index in [0.29, 0.717) is 0 Å². The molecular weight excluding hydrogens is 387 g/mol. The van der Waals surface area contributed by atoms with Gasteiger partial charge in [-0.1, -0.05) is 0 Å². The molecule has 88 valence electrons. The van der Waals surface area contributed by atoms with Crippen LogP contribution in [-0.2, 0) is 18.6 Å². The molecule has 0 saturated carbocycles.